The zero-order valence-corrected chi connectivity index (χ0v) is 11.1. The van der Waals surface area contributed by atoms with Gasteiger partial charge in [-0.25, -0.2) is 4.39 Å². The van der Waals surface area contributed by atoms with Crippen molar-refractivity contribution in [3.05, 3.63) is 65.5 Å². The van der Waals surface area contributed by atoms with Crippen LogP contribution >= 0.6 is 11.8 Å². The molecule has 1 nitrogen and oxygen atoms in total. The standard InChI is InChI=1S/C15H16FNS/c1-11-4-2-7-14(8-11)18-15(10-17)12-5-3-6-13(16)9-12/h2-9,15H,10,17H2,1H3. The zero-order valence-electron chi connectivity index (χ0n) is 10.3. The second kappa shape index (κ2) is 6.03. The van der Waals surface area contributed by atoms with Gasteiger partial charge >= 0.3 is 0 Å². The lowest BCUT2D eigenvalue weighted by molar-refractivity contribution is 0.625. The van der Waals surface area contributed by atoms with Gasteiger partial charge in [0.05, 0.1) is 0 Å². The van der Waals surface area contributed by atoms with Gasteiger partial charge in [0.1, 0.15) is 5.82 Å². The molecule has 1 atom stereocenters. The Morgan fingerprint density at radius 2 is 1.94 bits per heavy atom. The second-order valence-corrected chi connectivity index (χ2v) is 5.49. The topological polar surface area (TPSA) is 26.0 Å². The molecule has 1 unspecified atom stereocenters. The van der Waals surface area contributed by atoms with E-state index in [4.69, 9.17) is 5.73 Å². The fourth-order valence-corrected chi connectivity index (χ4v) is 2.93. The van der Waals surface area contributed by atoms with E-state index in [-0.39, 0.29) is 11.1 Å². The molecule has 18 heavy (non-hydrogen) atoms. The van der Waals surface area contributed by atoms with Gasteiger partial charge in [0, 0.05) is 16.7 Å². The van der Waals surface area contributed by atoms with E-state index < -0.39 is 0 Å². The Balaban J connectivity index is 2.19. The first kappa shape index (κ1) is 13.1. The summed E-state index contributed by atoms with van der Waals surface area (Å²) in [4.78, 5) is 1.16. The maximum Gasteiger partial charge on any atom is 0.123 e. The Morgan fingerprint density at radius 1 is 1.17 bits per heavy atom. The molecule has 0 heterocycles. The largest absolute Gasteiger partial charge is 0.329 e. The highest BCUT2D eigenvalue weighted by Crippen LogP contribution is 2.34. The van der Waals surface area contributed by atoms with E-state index >= 15 is 0 Å². The maximum absolute atomic E-state index is 13.2. The quantitative estimate of drug-likeness (QED) is 0.844. The fraction of sp³-hybridized carbons (Fsp3) is 0.200. The van der Waals surface area contributed by atoms with Crippen molar-refractivity contribution >= 4 is 11.8 Å². The lowest BCUT2D eigenvalue weighted by Crippen LogP contribution is -2.09. The molecule has 2 aromatic rings. The van der Waals surface area contributed by atoms with Crippen molar-refractivity contribution in [2.45, 2.75) is 17.1 Å². The molecule has 0 aliphatic heterocycles. The number of nitrogens with two attached hydrogens (primary N) is 1. The van der Waals surface area contributed by atoms with Crippen LogP contribution in [0.3, 0.4) is 0 Å². The number of thioether (sulfide) groups is 1. The number of hydrogen-bond acceptors (Lipinski definition) is 2. The normalized spacial score (nSPS) is 12.4. The van der Waals surface area contributed by atoms with Gasteiger partial charge in [-0.3, -0.25) is 0 Å². The Morgan fingerprint density at radius 3 is 2.61 bits per heavy atom. The van der Waals surface area contributed by atoms with Crippen molar-refractivity contribution < 1.29 is 4.39 Å². The minimum absolute atomic E-state index is 0.0856. The Hall–Kier alpha value is -1.32. The monoisotopic (exact) mass is 261 g/mol. The van der Waals surface area contributed by atoms with Crippen LogP contribution in [-0.4, -0.2) is 6.54 Å². The van der Waals surface area contributed by atoms with Gasteiger partial charge in [-0.2, -0.15) is 0 Å². The van der Waals surface area contributed by atoms with Crippen LogP contribution in [0.5, 0.6) is 0 Å². The molecule has 0 fully saturated rings. The van der Waals surface area contributed by atoms with Crippen molar-refractivity contribution in [1.82, 2.24) is 0 Å². The summed E-state index contributed by atoms with van der Waals surface area (Å²) in [5.41, 5.74) is 7.95. The van der Waals surface area contributed by atoms with Crippen LogP contribution in [0.4, 0.5) is 4.39 Å². The fourth-order valence-electron chi connectivity index (χ4n) is 1.81. The number of halogens is 1. The third-order valence-corrected chi connectivity index (χ3v) is 3.98. The highest BCUT2D eigenvalue weighted by atomic mass is 32.2. The summed E-state index contributed by atoms with van der Waals surface area (Å²) in [5, 5.41) is 0.0856. The summed E-state index contributed by atoms with van der Waals surface area (Å²) in [7, 11) is 0. The van der Waals surface area contributed by atoms with Gasteiger partial charge in [-0.15, -0.1) is 11.8 Å². The summed E-state index contributed by atoms with van der Waals surface area (Å²) < 4.78 is 13.2. The maximum atomic E-state index is 13.2. The number of benzene rings is 2. The first-order valence-electron chi connectivity index (χ1n) is 5.88. The Labute approximate surface area is 111 Å². The predicted molar refractivity (Wildman–Crippen MR) is 75.2 cm³/mol. The van der Waals surface area contributed by atoms with Crippen LogP contribution in [-0.2, 0) is 0 Å². The van der Waals surface area contributed by atoms with Crippen molar-refractivity contribution in [3.63, 3.8) is 0 Å². The third-order valence-electron chi connectivity index (χ3n) is 2.70. The molecule has 0 aliphatic rings. The predicted octanol–water partition coefficient (Wildman–Crippen LogP) is 3.93. The third kappa shape index (κ3) is 3.34. The molecular weight excluding hydrogens is 245 g/mol. The highest BCUT2D eigenvalue weighted by Gasteiger charge is 2.12. The SMILES string of the molecule is Cc1cccc(SC(CN)c2cccc(F)c2)c1. The molecule has 2 aromatic carbocycles. The molecule has 0 radical (unpaired) electrons. The van der Waals surface area contributed by atoms with Crippen LogP contribution < -0.4 is 5.73 Å². The van der Waals surface area contributed by atoms with Crippen molar-refractivity contribution in [2.24, 2.45) is 5.73 Å². The lowest BCUT2D eigenvalue weighted by atomic mass is 10.1. The van der Waals surface area contributed by atoms with Crippen molar-refractivity contribution in [2.75, 3.05) is 6.54 Å². The smallest absolute Gasteiger partial charge is 0.123 e. The van der Waals surface area contributed by atoms with E-state index in [9.17, 15) is 4.39 Å². The molecule has 0 amide bonds. The van der Waals surface area contributed by atoms with E-state index in [0.29, 0.717) is 6.54 Å². The molecule has 0 bridgehead atoms. The van der Waals surface area contributed by atoms with Crippen molar-refractivity contribution in [1.29, 1.82) is 0 Å². The van der Waals surface area contributed by atoms with Crippen LogP contribution in [0.2, 0.25) is 0 Å². The number of rotatable bonds is 4. The zero-order chi connectivity index (χ0) is 13.0. The van der Waals surface area contributed by atoms with Crippen molar-refractivity contribution in [3.8, 4) is 0 Å². The molecule has 2 N–H and O–H groups in total. The van der Waals surface area contributed by atoms with E-state index in [1.165, 1.54) is 11.6 Å². The summed E-state index contributed by atoms with van der Waals surface area (Å²) >= 11 is 1.67. The van der Waals surface area contributed by atoms with Crippen LogP contribution in [0.15, 0.2) is 53.4 Å². The molecule has 2 rings (SSSR count). The van der Waals surface area contributed by atoms with Crippen LogP contribution in [0, 0.1) is 12.7 Å². The first-order valence-corrected chi connectivity index (χ1v) is 6.76. The second-order valence-electron chi connectivity index (χ2n) is 4.21. The molecule has 0 aliphatic carbocycles. The van der Waals surface area contributed by atoms with E-state index in [1.807, 2.05) is 12.1 Å². The summed E-state index contributed by atoms with van der Waals surface area (Å²) in [5.74, 6) is -0.212. The van der Waals surface area contributed by atoms with Gasteiger partial charge in [0.15, 0.2) is 0 Å². The van der Waals surface area contributed by atoms with Crippen LogP contribution in [0.1, 0.15) is 16.4 Å². The van der Waals surface area contributed by atoms with Gasteiger partial charge in [-0.1, -0.05) is 29.8 Å². The molecule has 0 aromatic heterocycles. The number of hydrogen-bond donors (Lipinski definition) is 1. The molecular formula is C15H16FNS. The molecule has 3 heteroatoms. The summed E-state index contributed by atoms with van der Waals surface area (Å²) in [6.07, 6.45) is 0. The first-order chi connectivity index (χ1) is 8.69. The lowest BCUT2D eigenvalue weighted by Gasteiger charge is -2.15. The van der Waals surface area contributed by atoms with Gasteiger partial charge in [-0.05, 0) is 36.8 Å². The highest BCUT2D eigenvalue weighted by molar-refractivity contribution is 7.99. The van der Waals surface area contributed by atoms with Gasteiger partial charge in [0.25, 0.3) is 0 Å². The summed E-state index contributed by atoms with van der Waals surface area (Å²) in [6, 6.07) is 14.9. The minimum atomic E-state index is -0.212. The number of aryl methyl sites for hydroxylation is 1. The minimum Gasteiger partial charge on any atom is -0.329 e. The Bertz CT molecular complexity index is 527. The van der Waals surface area contributed by atoms with E-state index in [1.54, 1.807) is 23.9 Å². The van der Waals surface area contributed by atoms with Gasteiger partial charge in [0.2, 0.25) is 0 Å². The molecule has 0 saturated heterocycles. The van der Waals surface area contributed by atoms with Gasteiger partial charge < -0.3 is 5.73 Å². The molecule has 0 spiro atoms. The Kier molecular flexibility index (Phi) is 4.39. The van der Waals surface area contributed by atoms with E-state index in [0.717, 1.165) is 10.5 Å². The van der Waals surface area contributed by atoms with Crippen LogP contribution in [0.25, 0.3) is 0 Å². The molecule has 94 valence electrons. The molecule has 0 saturated carbocycles. The summed E-state index contributed by atoms with van der Waals surface area (Å²) in [6.45, 7) is 2.55. The average molecular weight is 261 g/mol. The van der Waals surface area contributed by atoms with E-state index in [2.05, 4.69) is 25.1 Å². The average Bonchev–Trinajstić information content (AvgIpc) is 2.36.